The average molecular weight is 277 g/mol. The van der Waals surface area contributed by atoms with E-state index < -0.39 is 0 Å². The van der Waals surface area contributed by atoms with Crippen LogP contribution in [-0.4, -0.2) is 16.8 Å². The number of hydrogen-bond acceptors (Lipinski definition) is 2. The Kier molecular flexibility index (Phi) is 6.08. The lowest BCUT2D eigenvalue weighted by molar-refractivity contribution is 0.219. The quantitative estimate of drug-likeness (QED) is 0.811. The molecule has 1 fully saturated rings. The highest BCUT2D eigenvalue weighted by atomic mass is 15.3. The fraction of sp³-hybridized carbons (Fsp3) is 0.824. The summed E-state index contributed by atoms with van der Waals surface area (Å²) in [5.41, 5.74) is 1.37. The van der Waals surface area contributed by atoms with Crippen molar-refractivity contribution in [2.24, 2.45) is 11.8 Å². The van der Waals surface area contributed by atoms with Crippen molar-refractivity contribution in [2.75, 3.05) is 7.05 Å². The van der Waals surface area contributed by atoms with E-state index in [1.165, 1.54) is 44.1 Å². The molecule has 2 rings (SSSR count). The van der Waals surface area contributed by atoms with Crippen molar-refractivity contribution in [1.29, 1.82) is 0 Å². The van der Waals surface area contributed by atoms with Crippen LogP contribution in [0, 0.1) is 11.8 Å². The van der Waals surface area contributed by atoms with Gasteiger partial charge in [-0.25, -0.2) is 0 Å². The first-order valence-corrected chi connectivity index (χ1v) is 8.48. The van der Waals surface area contributed by atoms with Crippen LogP contribution in [0.1, 0.15) is 70.4 Å². The summed E-state index contributed by atoms with van der Waals surface area (Å²) in [6.07, 6.45) is 13.8. The van der Waals surface area contributed by atoms with E-state index in [0.717, 1.165) is 24.8 Å². The molecule has 3 heteroatoms. The minimum Gasteiger partial charge on any atom is -0.313 e. The SMILES string of the molecule is CCCC1CCC(C(NC)c2cnn(CCC)c2)CC1. The molecule has 0 aliphatic heterocycles. The first-order chi connectivity index (χ1) is 9.78. The fourth-order valence-electron chi connectivity index (χ4n) is 3.78. The van der Waals surface area contributed by atoms with Crippen LogP contribution in [-0.2, 0) is 6.54 Å². The Hall–Kier alpha value is -0.830. The number of nitrogens with one attached hydrogen (secondary N) is 1. The first kappa shape index (κ1) is 15.6. The van der Waals surface area contributed by atoms with Crippen LogP contribution < -0.4 is 5.32 Å². The highest BCUT2D eigenvalue weighted by Gasteiger charge is 2.28. The number of hydrogen-bond donors (Lipinski definition) is 1. The van der Waals surface area contributed by atoms with Crippen molar-refractivity contribution < 1.29 is 0 Å². The zero-order chi connectivity index (χ0) is 14.4. The molecule has 114 valence electrons. The smallest absolute Gasteiger partial charge is 0.0537 e. The first-order valence-electron chi connectivity index (χ1n) is 8.48. The van der Waals surface area contributed by atoms with Crippen LogP contribution in [0.3, 0.4) is 0 Å². The molecule has 0 amide bonds. The van der Waals surface area contributed by atoms with Crippen molar-refractivity contribution in [3.63, 3.8) is 0 Å². The highest BCUT2D eigenvalue weighted by Crippen LogP contribution is 2.38. The molecule has 1 aliphatic carbocycles. The Balaban J connectivity index is 1.94. The average Bonchev–Trinajstić information content (AvgIpc) is 2.91. The summed E-state index contributed by atoms with van der Waals surface area (Å²) in [6.45, 7) is 5.54. The van der Waals surface area contributed by atoms with Crippen molar-refractivity contribution in [2.45, 2.75) is 71.4 Å². The Bertz CT molecular complexity index is 377. The third-order valence-electron chi connectivity index (χ3n) is 4.84. The largest absolute Gasteiger partial charge is 0.313 e. The zero-order valence-corrected chi connectivity index (χ0v) is 13.4. The summed E-state index contributed by atoms with van der Waals surface area (Å²) in [5, 5.41) is 8.03. The second-order valence-electron chi connectivity index (χ2n) is 6.37. The lowest BCUT2D eigenvalue weighted by Gasteiger charge is -2.33. The van der Waals surface area contributed by atoms with Gasteiger partial charge in [0.05, 0.1) is 6.20 Å². The van der Waals surface area contributed by atoms with Crippen LogP contribution in [0.25, 0.3) is 0 Å². The molecule has 1 saturated carbocycles. The van der Waals surface area contributed by atoms with E-state index in [4.69, 9.17) is 0 Å². The van der Waals surface area contributed by atoms with Crippen LogP contribution in [0.2, 0.25) is 0 Å². The van der Waals surface area contributed by atoms with E-state index >= 15 is 0 Å². The van der Waals surface area contributed by atoms with Gasteiger partial charge in [0.25, 0.3) is 0 Å². The Morgan fingerprint density at radius 3 is 2.60 bits per heavy atom. The van der Waals surface area contributed by atoms with Crippen LogP contribution >= 0.6 is 0 Å². The van der Waals surface area contributed by atoms with E-state index in [1.807, 2.05) is 0 Å². The van der Waals surface area contributed by atoms with Gasteiger partial charge in [-0.05, 0) is 38.1 Å². The molecule has 1 N–H and O–H groups in total. The van der Waals surface area contributed by atoms with E-state index in [9.17, 15) is 0 Å². The van der Waals surface area contributed by atoms with Crippen LogP contribution in [0.5, 0.6) is 0 Å². The van der Waals surface area contributed by atoms with Gasteiger partial charge in [0.15, 0.2) is 0 Å². The van der Waals surface area contributed by atoms with Crippen LogP contribution in [0.15, 0.2) is 12.4 Å². The lowest BCUT2D eigenvalue weighted by atomic mass is 9.76. The second-order valence-corrected chi connectivity index (χ2v) is 6.37. The standard InChI is InChI=1S/C17H31N3/c1-4-6-14-7-9-15(10-8-14)17(18-3)16-12-19-20(13-16)11-5-2/h12-15,17-18H,4-11H2,1-3H3. The summed E-state index contributed by atoms with van der Waals surface area (Å²) in [6, 6.07) is 0.489. The Labute approximate surface area is 124 Å². The van der Waals surface area contributed by atoms with Gasteiger partial charge < -0.3 is 5.32 Å². The van der Waals surface area contributed by atoms with Gasteiger partial charge in [-0.1, -0.05) is 39.5 Å². The summed E-state index contributed by atoms with van der Waals surface area (Å²) >= 11 is 0. The molecule has 1 heterocycles. The van der Waals surface area contributed by atoms with Gasteiger partial charge >= 0.3 is 0 Å². The number of nitrogens with zero attached hydrogens (tertiary/aromatic N) is 2. The molecule has 1 aromatic rings. The molecule has 0 spiro atoms. The Morgan fingerprint density at radius 2 is 2.00 bits per heavy atom. The number of rotatable bonds is 7. The summed E-state index contributed by atoms with van der Waals surface area (Å²) < 4.78 is 2.09. The van der Waals surface area contributed by atoms with Gasteiger partial charge in [0.2, 0.25) is 0 Å². The highest BCUT2D eigenvalue weighted by molar-refractivity contribution is 5.12. The molecule has 0 radical (unpaired) electrons. The van der Waals surface area contributed by atoms with Crippen LogP contribution in [0.4, 0.5) is 0 Å². The maximum Gasteiger partial charge on any atom is 0.0537 e. The predicted molar refractivity (Wildman–Crippen MR) is 84.7 cm³/mol. The monoisotopic (exact) mass is 277 g/mol. The molecule has 3 nitrogen and oxygen atoms in total. The fourth-order valence-corrected chi connectivity index (χ4v) is 3.78. The van der Waals surface area contributed by atoms with Crippen molar-refractivity contribution >= 4 is 0 Å². The molecule has 20 heavy (non-hydrogen) atoms. The van der Waals surface area contributed by atoms with Crippen molar-refractivity contribution in [1.82, 2.24) is 15.1 Å². The van der Waals surface area contributed by atoms with E-state index in [-0.39, 0.29) is 0 Å². The molecular weight excluding hydrogens is 246 g/mol. The topological polar surface area (TPSA) is 29.9 Å². The summed E-state index contributed by atoms with van der Waals surface area (Å²) in [4.78, 5) is 0. The zero-order valence-electron chi connectivity index (χ0n) is 13.4. The van der Waals surface area contributed by atoms with Gasteiger partial charge in [-0.15, -0.1) is 0 Å². The molecular formula is C17H31N3. The second kappa shape index (κ2) is 7.82. The number of aromatic nitrogens is 2. The molecule has 0 aromatic carbocycles. The molecule has 1 aliphatic rings. The maximum absolute atomic E-state index is 4.49. The van der Waals surface area contributed by atoms with Crippen molar-refractivity contribution in [3.05, 3.63) is 18.0 Å². The molecule has 1 atom stereocenters. The molecule has 1 aromatic heterocycles. The third kappa shape index (κ3) is 3.85. The summed E-state index contributed by atoms with van der Waals surface area (Å²) in [5.74, 6) is 1.77. The Morgan fingerprint density at radius 1 is 1.25 bits per heavy atom. The maximum atomic E-state index is 4.49. The van der Waals surface area contributed by atoms with E-state index in [0.29, 0.717) is 6.04 Å². The third-order valence-corrected chi connectivity index (χ3v) is 4.84. The van der Waals surface area contributed by atoms with E-state index in [1.54, 1.807) is 0 Å². The minimum atomic E-state index is 0.489. The van der Waals surface area contributed by atoms with Crippen molar-refractivity contribution in [3.8, 4) is 0 Å². The molecule has 0 saturated heterocycles. The number of aryl methyl sites for hydroxylation is 1. The normalized spacial score (nSPS) is 24.8. The van der Waals surface area contributed by atoms with Gasteiger partial charge in [-0.2, -0.15) is 5.10 Å². The van der Waals surface area contributed by atoms with Gasteiger partial charge in [0, 0.05) is 24.3 Å². The molecule has 0 bridgehead atoms. The minimum absolute atomic E-state index is 0.489. The summed E-state index contributed by atoms with van der Waals surface area (Å²) in [7, 11) is 2.10. The lowest BCUT2D eigenvalue weighted by Crippen LogP contribution is -2.28. The predicted octanol–water partition coefficient (Wildman–Crippen LogP) is 4.16. The van der Waals surface area contributed by atoms with E-state index in [2.05, 4.69) is 48.4 Å². The van der Waals surface area contributed by atoms with Gasteiger partial charge in [0.1, 0.15) is 0 Å². The van der Waals surface area contributed by atoms with Gasteiger partial charge in [-0.3, -0.25) is 4.68 Å². The molecule has 1 unspecified atom stereocenters.